The molecule has 5 heteroatoms. The molecule has 0 aromatic carbocycles. The van der Waals surface area contributed by atoms with E-state index in [1.807, 2.05) is 31.8 Å². The molecule has 16 heavy (non-hydrogen) atoms. The first-order valence-corrected chi connectivity index (χ1v) is 6.24. The maximum Gasteiger partial charge on any atom is 0.0945 e. The number of hydrogen-bond donors (Lipinski definition) is 1. The Kier molecular flexibility index (Phi) is 4.07. The lowest BCUT2D eigenvalue weighted by atomic mass is 10.4. The second kappa shape index (κ2) is 5.77. The van der Waals surface area contributed by atoms with Gasteiger partial charge in [0, 0.05) is 36.6 Å². The fourth-order valence-corrected chi connectivity index (χ4v) is 2.27. The molecule has 2 aromatic heterocycles. The summed E-state index contributed by atoms with van der Waals surface area (Å²) in [4.78, 5) is 9.54. The summed E-state index contributed by atoms with van der Waals surface area (Å²) in [6.45, 7) is 5.01. The van der Waals surface area contributed by atoms with E-state index in [-0.39, 0.29) is 0 Å². The van der Waals surface area contributed by atoms with E-state index in [2.05, 4.69) is 19.9 Å². The van der Waals surface area contributed by atoms with Gasteiger partial charge in [-0.2, -0.15) is 0 Å². The minimum absolute atomic E-state index is 0.926. The standard InChI is InChI=1S/C11H16N4S/c1-10-14-8-11(16-10)7-12-3-2-5-15-6-4-13-9-15/h4,6,8-9,12H,2-3,5,7H2,1H3. The van der Waals surface area contributed by atoms with Gasteiger partial charge in [-0.15, -0.1) is 11.3 Å². The maximum atomic E-state index is 4.22. The lowest BCUT2D eigenvalue weighted by molar-refractivity contribution is 0.582. The van der Waals surface area contributed by atoms with E-state index >= 15 is 0 Å². The minimum atomic E-state index is 0.926. The lowest BCUT2D eigenvalue weighted by Crippen LogP contribution is -2.15. The third-order valence-electron chi connectivity index (χ3n) is 2.30. The Morgan fingerprint density at radius 1 is 1.50 bits per heavy atom. The van der Waals surface area contributed by atoms with Gasteiger partial charge in [0.25, 0.3) is 0 Å². The number of aromatic nitrogens is 3. The molecule has 0 fully saturated rings. The van der Waals surface area contributed by atoms with Crippen molar-refractivity contribution in [1.29, 1.82) is 0 Å². The van der Waals surface area contributed by atoms with Gasteiger partial charge in [0.05, 0.1) is 11.3 Å². The van der Waals surface area contributed by atoms with Crippen LogP contribution in [0.5, 0.6) is 0 Å². The third-order valence-corrected chi connectivity index (χ3v) is 3.21. The van der Waals surface area contributed by atoms with Crippen LogP contribution in [0.4, 0.5) is 0 Å². The van der Waals surface area contributed by atoms with Crippen molar-refractivity contribution in [1.82, 2.24) is 19.9 Å². The number of thiazole rings is 1. The van der Waals surface area contributed by atoms with Crippen LogP contribution >= 0.6 is 11.3 Å². The van der Waals surface area contributed by atoms with Gasteiger partial charge < -0.3 is 9.88 Å². The van der Waals surface area contributed by atoms with E-state index in [9.17, 15) is 0 Å². The summed E-state index contributed by atoms with van der Waals surface area (Å²) in [6, 6.07) is 0. The van der Waals surface area contributed by atoms with E-state index in [1.54, 1.807) is 11.3 Å². The van der Waals surface area contributed by atoms with Gasteiger partial charge in [-0.3, -0.25) is 0 Å². The summed E-state index contributed by atoms with van der Waals surface area (Å²) in [6.07, 6.45) is 8.73. The van der Waals surface area contributed by atoms with Crippen LogP contribution < -0.4 is 5.32 Å². The molecule has 0 saturated heterocycles. The van der Waals surface area contributed by atoms with Crippen molar-refractivity contribution in [2.45, 2.75) is 26.4 Å². The zero-order valence-electron chi connectivity index (χ0n) is 9.39. The van der Waals surface area contributed by atoms with Crippen molar-refractivity contribution in [3.8, 4) is 0 Å². The number of imidazole rings is 1. The van der Waals surface area contributed by atoms with E-state index in [4.69, 9.17) is 0 Å². The zero-order valence-corrected chi connectivity index (χ0v) is 10.2. The van der Waals surface area contributed by atoms with Crippen LogP contribution in [-0.2, 0) is 13.1 Å². The van der Waals surface area contributed by atoms with Gasteiger partial charge in [-0.1, -0.05) is 0 Å². The number of nitrogens with one attached hydrogen (secondary N) is 1. The van der Waals surface area contributed by atoms with Gasteiger partial charge in [-0.25, -0.2) is 9.97 Å². The molecule has 0 atom stereocenters. The summed E-state index contributed by atoms with van der Waals surface area (Å²) in [7, 11) is 0. The van der Waals surface area contributed by atoms with E-state index in [0.29, 0.717) is 0 Å². The molecule has 86 valence electrons. The molecule has 0 aliphatic heterocycles. The molecule has 0 aliphatic rings. The summed E-state index contributed by atoms with van der Waals surface area (Å²) in [5.41, 5.74) is 0. The Morgan fingerprint density at radius 3 is 3.12 bits per heavy atom. The first-order chi connectivity index (χ1) is 7.84. The Labute approximate surface area is 99.4 Å². The van der Waals surface area contributed by atoms with Crippen LogP contribution in [0, 0.1) is 6.92 Å². The predicted octanol–water partition coefficient (Wildman–Crippen LogP) is 1.83. The highest BCUT2D eigenvalue weighted by Crippen LogP contribution is 2.10. The second-order valence-electron chi connectivity index (χ2n) is 3.68. The smallest absolute Gasteiger partial charge is 0.0945 e. The van der Waals surface area contributed by atoms with E-state index in [1.165, 1.54) is 4.88 Å². The predicted molar refractivity (Wildman–Crippen MR) is 65.4 cm³/mol. The highest BCUT2D eigenvalue weighted by molar-refractivity contribution is 7.11. The molecule has 0 aliphatic carbocycles. The molecular weight excluding hydrogens is 220 g/mol. The van der Waals surface area contributed by atoms with Crippen molar-refractivity contribution >= 4 is 11.3 Å². The average Bonchev–Trinajstić information content (AvgIpc) is 2.89. The molecule has 2 aromatic rings. The molecule has 0 radical (unpaired) electrons. The van der Waals surface area contributed by atoms with Gasteiger partial charge in [-0.05, 0) is 19.9 Å². The van der Waals surface area contributed by atoms with Crippen LogP contribution in [-0.4, -0.2) is 21.1 Å². The Bertz CT molecular complexity index is 407. The lowest BCUT2D eigenvalue weighted by Gasteiger charge is -2.03. The van der Waals surface area contributed by atoms with Crippen molar-refractivity contribution in [3.63, 3.8) is 0 Å². The molecule has 0 spiro atoms. The normalized spacial score (nSPS) is 10.8. The summed E-state index contributed by atoms with van der Waals surface area (Å²) < 4.78 is 2.10. The van der Waals surface area contributed by atoms with Crippen molar-refractivity contribution in [3.05, 3.63) is 34.8 Å². The highest BCUT2D eigenvalue weighted by atomic mass is 32.1. The summed E-state index contributed by atoms with van der Waals surface area (Å²) in [5.74, 6) is 0. The van der Waals surface area contributed by atoms with Gasteiger partial charge >= 0.3 is 0 Å². The van der Waals surface area contributed by atoms with Crippen LogP contribution in [0.1, 0.15) is 16.3 Å². The van der Waals surface area contributed by atoms with Gasteiger partial charge in [0.2, 0.25) is 0 Å². The van der Waals surface area contributed by atoms with Crippen molar-refractivity contribution in [2.24, 2.45) is 0 Å². The van der Waals surface area contributed by atoms with E-state index in [0.717, 1.165) is 31.1 Å². The number of rotatable bonds is 6. The number of nitrogens with zero attached hydrogens (tertiary/aromatic N) is 3. The fraction of sp³-hybridized carbons (Fsp3) is 0.455. The fourth-order valence-electron chi connectivity index (χ4n) is 1.50. The van der Waals surface area contributed by atoms with Crippen LogP contribution in [0.15, 0.2) is 24.9 Å². The number of aryl methyl sites for hydroxylation is 2. The van der Waals surface area contributed by atoms with Crippen LogP contribution in [0.25, 0.3) is 0 Å². The Hall–Kier alpha value is -1.20. The molecule has 0 unspecified atom stereocenters. The van der Waals surface area contributed by atoms with Crippen molar-refractivity contribution in [2.75, 3.05) is 6.54 Å². The second-order valence-corrected chi connectivity index (χ2v) is 5.00. The minimum Gasteiger partial charge on any atom is -0.337 e. The molecule has 4 nitrogen and oxygen atoms in total. The summed E-state index contributed by atoms with van der Waals surface area (Å²) >= 11 is 1.75. The quantitative estimate of drug-likeness (QED) is 0.778. The first-order valence-electron chi connectivity index (χ1n) is 5.42. The molecule has 2 rings (SSSR count). The topological polar surface area (TPSA) is 42.7 Å². The monoisotopic (exact) mass is 236 g/mol. The SMILES string of the molecule is Cc1ncc(CNCCCn2ccnc2)s1. The largest absolute Gasteiger partial charge is 0.337 e. The maximum absolute atomic E-state index is 4.22. The zero-order chi connectivity index (χ0) is 11.2. The van der Waals surface area contributed by atoms with Crippen LogP contribution in [0.3, 0.4) is 0 Å². The Balaban J connectivity index is 1.59. The van der Waals surface area contributed by atoms with Crippen LogP contribution in [0.2, 0.25) is 0 Å². The van der Waals surface area contributed by atoms with E-state index < -0.39 is 0 Å². The average molecular weight is 236 g/mol. The molecule has 1 N–H and O–H groups in total. The molecule has 0 saturated carbocycles. The van der Waals surface area contributed by atoms with Gasteiger partial charge in [0.15, 0.2) is 0 Å². The molecule has 0 amide bonds. The molecule has 0 bridgehead atoms. The number of hydrogen-bond acceptors (Lipinski definition) is 4. The molecule has 2 heterocycles. The van der Waals surface area contributed by atoms with Crippen molar-refractivity contribution < 1.29 is 0 Å². The highest BCUT2D eigenvalue weighted by Gasteiger charge is 1.97. The molecular formula is C11H16N4S. The van der Waals surface area contributed by atoms with Gasteiger partial charge in [0.1, 0.15) is 0 Å². The Morgan fingerprint density at radius 2 is 2.44 bits per heavy atom. The summed E-state index contributed by atoms with van der Waals surface area (Å²) in [5, 5.41) is 4.55. The first kappa shape index (κ1) is 11.3. The third kappa shape index (κ3) is 3.43.